The van der Waals surface area contributed by atoms with Crippen molar-refractivity contribution >= 4 is 12.1 Å². The van der Waals surface area contributed by atoms with E-state index in [0.29, 0.717) is 19.6 Å². The Bertz CT molecular complexity index is 405. The lowest BCUT2D eigenvalue weighted by Gasteiger charge is -2.40. The highest BCUT2D eigenvalue weighted by molar-refractivity contribution is 5.72. The summed E-state index contributed by atoms with van der Waals surface area (Å²) in [6.45, 7) is 8.49. The molecule has 6 heteroatoms. The van der Waals surface area contributed by atoms with Gasteiger partial charge in [-0.2, -0.15) is 0 Å². The van der Waals surface area contributed by atoms with E-state index in [9.17, 15) is 9.59 Å². The summed E-state index contributed by atoms with van der Waals surface area (Å²) in [4.78, 5) is 25.9. The minimum atomic E-state index is -0.502. The van der Waals surface area contributed by atoms with Crippen molar-refractivity contribution in [3.63, 3.8) is 0 Å². The van der Waals surface area contributed by atoms with Crippen molar-refractivity contribution in [2.24, 2.45) is 0 Å². The molecule has 0 aliphatic carbocycles. The molecule has 0 aromatic heterocycles. The number of esters is 1. The van der Waals surface area contributed by atoms with Crippen molar-refractivity contribution in [3.05, 3.63) is 0 Å². The second kappa shape index (κ2) is 6.22. The fourth-order valence-electron chi connectivity index (χ4n) is 3.14. The first-order valence-electron chi connectivity index (χ1n) is 7.72. The van der Waals surface area contributed by atoms with Crippen LogP contribution in [-0.2, 0) is 14.3 Å². The molecular formula is C15H26N2O4. The molecule has 21 heavy (non-hydrogen) atoms. The highest BCUT2D eigenvalue weighted by Crippen LogP contribution is 2.32. The number of piperazine rings is 1. The van der Waals surface area contributed by atoms with Crippen LogP contribution in [0.25, 0.3) is 0 Å². The topological polar surface area (TPSA) is 67.9 Å². The SMILES string of the molecule is CCOC(=O)C[C@H]1NC[C@H]2CC[C@@H]1N2C(=O)OC(C)(C)C. The zero-order valence-electron chi connectivity index (χ0n) is 13.3. The average Bonchev–Trinajstić information content (AvgIpc) is 2.67. The maximum Gasteiger partial charge on any atom is 0.410 e. The summed E-state index contributed by atoms with van der Waals surface area (Å²) < 4.78 is 10.5. The van der Waals surface area contributed by atoms with Gasteiger partial charge in [-0.25, -0.2) is 4.79 Å². The van der Waals surface area contributed by atoms with Crippen LogP contribution in [0.1, 0.15) is 47.0 Å². The third-order valence-corrected chi connectivity index (χ3v) is 3.92. The summed E-state index contributed by atoms with van der Waals surface area (Å²) in [5.74, 6) is -0.218. The Kier molecular flexibility index (Phi) is 4.76. The van der Waals surface area contributed by atoms with E-state index in [-0.39, 0.29) is 30.2 Å². The van der Waals surface area contributed by atoms with Crippen LogP contribution in [0.5, 0.6) is 0 Å². The summed E-state index contributed by atoms with van der Waals surface area (Å²) in [5, 5.41) is 3.37. The molecule has 2 fully saturated rings. The first-order valence-corrected chi connectivity index (χ1v) is 7.72. The Hall–Kier alpha value is -1.30. The van der Waals surface area contributed by atoms with Crippen LogP contribution < -0.4 is 5.32 Å². The quantitative estimate of drug-likeness (QED) is 0.803. The maximum absolute atomic E-state index is 12.4. The van der Waals surface area contributed by atoms with Crippen molar-refractivity contribution in [2.75, 3.05) is 13.2 Å². The third-order valence-electron chi connectivity index (χ3n) is 3.92. The predicted octanol–water partition coefficient (Wildman–Crippen LogP) is 1.68. The number of hydrogen-bond donors (Lipinski definition) is 1. The summed E-state index contributed by atoms with van der Waals surface area (Å²) in [5.41, 5.74) is -0.502. The zero-order valence-corrected chi connectivity index (χ0v) is 13.3. The molecule has 2 aliphatic heterocycles. The molecule has 6 nitrogen and oxygen atoms in total. The van der Waals surface area contributed by atoms with E-state index >= 15 is 0 Å². The lowest BCUT2D eigenvalue weighted by molar-refractivity contribution is -0.144. The van der Waals surface area contributed by atoms with Gasteiger partial charge in [0.15, 0.2) is 0 Å². The van der Waals surface area contributed by atoms with Crippen molar-refractivity contribution in [2.45, 2.75) is 70.7 Å². The second-order valence-corrected chi connectivity index (χ2v) is 6.71. The van der Waals surface area contributed by atoms with Gasteiger partial charge in [0, 0.05) is 18.6 Å². The Morgan fingerprint density at radius 3 is 2.62 bits per heavy atom. The maximum atomic E-state index is 12.4. The van der Waals surface area contributed by atoms with Gasteiger partial charge >= 0.3 is 12.1 Å². The van der Waals surface area contributed by atoms with Gasteiger partial charge in [-0.1, -0.05) is 0 Å². The van der Waals surface area contributed by atoms with Gasteiger partial charge in [0.05, 0.1) is 19.1 Å². The Balaban J connectivity index is 2.02. The number of hydrogen-bond acceptors (Lipinski definition) is 5. The molecule has 0 aromatic rings. The van der Waals surface area contributed by atoms with Gasteiger partial charge in [-0.3, -0.25) is 9.69 Å². The van der Waals surface area contributed by atoms with Crippen molar-refractivity contribution in [3.8, 4) is 0 Å². The molecule has 0 saturated carbocycles. The molecule has 2 rings (SSSR count). The van der Waals surface area contributed by atoms with Gasteiger partial charge < -0.3 is 14.8 Å². The van der Waals surface area contributed by atoms with E-state index in [2.05, 4.69) is 5.32 Å². The van der Waals surface area contributed by atoms with Crippen LogP contribution in [0.2, 0.25) is 0 Å². The summed E-state index contributed by atoms with van der Waals surface area (Å²) in [6.07, 6.45) is 1.88. The number of rotatable bonds is 3. The number of carbonyl (C=O) groups excluding carboxylic acids is 2. The Morgan fingerprint density at radius 1 is 1.29 bits per heavy atom. The minimum Gasteiger partial charge on any atom is -0.466 e. The molecule has 1 amide bonds. The molecule has 120 valence electrons. The minimum absolute atomic E-state index is 0.0167. The smallest absolute Gasteiger partial charge is 0.410 e. The molecule has 2 saturated heterocycles. The van der Waals surface area contributed by atoms with Gasteiger partial charge in [0.25, 0.3) is 0 Å². The lowest BCUT2D eigenvalue weighted by Crippen LogP contribution is -2.60. The standard InChI is InChI=1S/C15H26N2O4/c1-5-20-13(18)8-11-12-7-6-10(9-16-11)17(12)14(19)21-15(2,3)4/h10-12,16H,5-9H2,1-4H3/t10-,11-,12+/m1/s1. The molecular weight excluding hydrogens is 272 g/mol. The number of fused-ring (bicyclic) bond motifs is 2. The number of ether oxygens (including phenoxy) is 2. The van der Waals surface area contributed by atoms with Crippen molar-refractivity contribution < 1.29 is 19.1 Å². The van der Waals surface area contributed by atoms with E-state index in [1.165, 1.54) is 0 Å². The molecule has 3 atom stereocenters. The van der Waals surface area contributed by atoms with Gasteiger partial charge in [-0.05, 0) is 40.5 Å². The highest BCUT2D eigenvalue weighted by Gasteiger charge is 2.46. The largest absolute Gasteiger partial charge is 0.466 e. The normalized spacial score (nSPS) is 28.4. The Morgan fingerprint density at radius 2 is 2.00 bits per heavy atom. The predicted molar refractivity (Wildman–Crippen MR) is 77.9 cm³/mol. The highest BCUT2D eigenvalue weighted by atomic mass is 16.6. The van der Waals surface area contributed by atoms with Crippen LogP contribution in [-0.4, -0.2) is 53.8 Å². The lowest BCUT2D eigenvalue weighted by atomic mass is 10.0. The number of nitrogens with one attached hydrogen (secondary N) is 1. The van der Waals surface area contributed by atoms with Crippen LogP contribution >= 0.6 is 0 Å². The number of carbonyl (C=O) groups is 2. The molecule has 0 radical (unpaired) electrons. The van der Waals surface area contributed by atoms with Crippen LogP contribution in [0.15, 0.2) is 0 Å². The number of amides is 1. The van der Waals surface area contributed by atoms with E-state index in [0.717, 1.165) is 12.8 Å². The van der Waals surface area contributed by atoms with E-state index in [1.807, 2.05) is 25.7 Å². The first-order chi connectivity index (χ1) is 9.81. The van der Waals surface area contributed by atoms with Crippen molar-refractivity contribution in [1.29, 1.82) is 0 Å². The summed E-state index contributed by atoms with van der Waals surface area (Å²) in [7, 11) is 0. The van der Waals surface area contributed by atoms with Crippen LogP contribution in [0, 0.1) is 0 Å². The monoisotopic (exact) mass is 298 g/mol. The second-order valence-electron chi connectivity index (χ2n) is 6.71. The zero-order chi connectivity index (χ0) is 15.6. The summed E-state index contributed by atoms with van der Waals surface area (Å²) in [6, 6.07) is 0.140. The molecule has 2 aliphatic rings. The van der Waals surface area contributed by atoms with E-state index in [1.54, 1.807) is 6.92 Å². The first kappa shape index (κ1) is 16.1. The van der Waals surface area contributed by atoms with Crippen LogP contribution in [0.3, 0.4) is 0 Å². The van der Waals surface area contributed by atoms with E-state index < -0.39 is 5.60 Å². The average molecular weight is 298 g/mol. The molecule has 0 aromatic carbocycles. The third kappa shape index (κ3) is 3.87. The molecule has 0 spiro atoms. The fraction of sp³-hybridized carbons (Fsp3) is 0.867. The molecule has 0 unspecified atom stereocenters. The molecule has 2 heterocycles. The fourth-order valence-corrected chi connectivity index (χ4v) is 3.14. The summed E-state index contributed by atoms with van der Waals surface area (Å²) >= 11 is 0. The van der Waals surface area contributed by atoms with E-state index in [4.69, 9.17) is 9.47 Å². The molecule has 2 bridgehead atoms. The molecule has 1 N–H and O–H groups in total. The van der Waals surface area contributed by atoms with Crippen LogP contribution in [0.4, 0.5) is 4.79 Å². The van der Waals surface area contributed by atoms with Gasteiger partial charge in [0.2, 0.25) is 0 Å². The van der Waals surface area contributed by atoms with Crippen molar-refractivity contribution in [1.82, 2.24) is 10.2 Å². The number of nitrogens with zero attached hydrogens (tertiary/aromatic N) is 1. The van der Waals surface area contributed by atoms with Gasteiger partial charge in [-0.15, -0.1) is 0 Å². The Labute approximate surface area is 126 Å². The van der Waals surface area contributed by atoms with Gasteiger partial charge in [0.1, 0.15) is 5.60 Å².